The molecule has 5 heteroatoms. The third kappa shape index (κ3) is 1.49. The van der Waals surface area contributed by atoms with Crippen LogP contribution in [0, 0.1) is 6.08 Å². The molecule has 0 aliphatic rings. The van der Waals surface area contributed by atoms with E-state index in [2.05, 4.69) is 21.5 Å². The monoisotopic (exact) mass is 206 g/mol. The Kier molecular flexibility index (Phi) is 2.22. The molecule has 0 unspecified atom stereocenters. The molecule has 0 aliphatic carbocycles. The molecule has 0 saturated heterocycles. The Morgan fingerprint density at radius 2 is 2.20 bits per heavy atom. The molecule has 0 radical (unpaired) electrons. The van der Waals surface area contributed by atoms with Crippen LogP contribution in [0.4, 0.5) is 4.39 Å². The number of rotatable bonds is 2. The maximum Gasteiger partial charge on any atom is 0.311 e. The van der Waals surface area contributed by atoms with Crippen molar-refractivity contribution in [2.45, 2.75) is 19.9 Å². The Balaban J connectivity index is 2.80. The number of aromatic nitrogens is 4. The summed E-state index contributed by atoms with van der Waals surface area (Å²) in [6.07, 6.45) is 2.36. The van der Waals surface area contributed by atoms with Crippen LogP contribution in [0.2, 0.25) is 0 Å². The molecule has 2 aromatic heterocycles. The zero-order chi connectivity index (χ0) is 11.0. The molecule has 78 valence electrons. The third-order valence-corrected chi connectivity index (χ3v) is 2.17. The average molecular weight is 206 g/mol. The summed E-state index contributed by atoms with van der Waals surface area (Å²) in [5.41, 5.74) is 1.52. The Bertz CT molecular complexity index is 515. The van der Waals surface area contributed by atoms with Gasteiger partial charge in [0.1, 0.15) is 5.52 Å². The zero-order valence-electron chi connectivity index (χ0n) is 8.61. The molecular formula is C10H11FN4. The van der Waals surface area contributed by atoms with Crippen molar-refractivity contribution >= 4 is 17.2 Å². The second kappa shape index (κ2) is 3.42. The lowest BCUT2D eigenvalue weighted by atomic mass is 10.3. The van der Waals surface area contributed by atoms with Gasteiger partial charge < -0.3 is 4.57 Å². The van der Waals surface area contributed by atoms with E-state index in [9.17, 15) is 4.39 Å². The van der Waals surface area contributed by atoms with Crippen LogP contribution in [0.3, 0.4) is 0 Å². The first kappa shape index (κ1) is 9.76. The standard InChI is InChI=1S/C10H11FN4/c1-4-7-8-9(14-10(11)13-7)15(5-12-8)6(2)3/h4-6H,1H2,2-3H3. The molecule has 0 amide bonds. The zero-order valence-corrected chi connectivity index (χ0v) is 8.61. The summed E-state index contributed by atoms with van der Waals surface area (Å²) >= 11 is 0. The quantitative estimate of drug-likeness (QED) is 0.707. The van der Waals surface area contributed by atoms with Gasteiger partial charge in [-0.3, -0.25) is 0 Å². The first-order valence-corrected chi connectivity index (χ1v) is 4.66. The summed E-state index contributed by atoms with van der Waals surface area (Å²) in [6.45, 7) is 7.53. The molecule has 0 aliphatic heterocycles. The van der Waals surface area contributed by atoms with Gasteiger partial charge in [-0.1, -0.05) is 6.58 Å². The Morgan fingerprint density at radius 1 is 1.47 bits per heavy atom. The second-order valence-corrected chi connectivity index (χ2v) is 3.50. The van der Waals surface area contributed by atoms with Crippen molar-refractivity contribution in [1.29, 1.82) is 0 Å². The van der Waals surface area contributed by atoms with Gasteiger partial charge in [-0.15, -0.1) is 0 Å². The lowest BCUT2D eigenvalue weighted by Gasteiger charge is -2.06. The number of nitrogens with zero attached hydrogens (tertiary/aromatic N) is 4. The number of hydrogen-bond acceptors (Lipinski definition) is 3. The van der Waals surface area contributed by atoms with Crippen LogP contribution in [-0.4, -0.2) is 19.5 Å². The lowest BCUT2D eigenvalue weighted by Crippen LogP contribution is -2.02. The van der Waals surface area contributed by atoms with Crippen molar-refractivity contribution in [3.05, 3.63) is 24.7 Å². The van der Waals surface area contributed by atoms with E-state index in [0.717, 1.165) is 0 Å². The molecule has 15 heavy (non-hydrogen) atoms. The molecule has 0 fully saturated rings. The highest BCUT2D eigenvalue weighted by Gasteiger charge is 2.12. The molecule has 2 rings (SSSR count). The Morgan fingerprint density at radius 3 is 2.80 bits per heavy atom. The lowest BCUT2D eigenvalue weighted by molar-refractivity contribution is 0.535. The van der Waals surface area contributed by atoms with E-state index in [1.54, 1.807) is 10.9 Å². The number of hydrogen-bond donors (Lipinski definition) is 0. The number of fused-ring (bicyclic) bond motifs is 1. The van der Waals surface area contributed by atoms with Crippen LogP contribution in [-0.2, 0) is 0 Å². The van der Waals surface area contributed by atoms with Crippen molar-refractivity contribution in [3.63, 3.8) is 0 Å². The van der Waals surface area contributed by atoms with Gasteiger partial charge in [0, 0.05) is 6.04 Å². The minimum Gasteiger partial charge on any atom is -0.313 e. The van der Waals surface area contributed by atoms with E-state index in [0.29, 0.717) is 16.9 Å². The van der Waals surface area contributed by atoms with Gasteiger partial charge in [0.25, 0.3) is 0 Å². The van der Waals surface area contributed by atoms with E-state index >= 15 is 0 Å². The first-order chi connectivity index (χ1) is 7.13. The van der Waals surface area contributed by atoms with Gasteiger partial charge >= 0.3 is 6.08 Å². The average Bonchev–Trinajstić information content (AvgIpc) is 2.59. The van der Waals surface area contributed by atoms with Crippen LogP contribution in [0.15, 0.2) is 12.9 Å². The molecule has 0 aromatic carbocycles. The number of halogens is 1. The predicted octanol–water partition coefficient (Wildman–Crippen LogP) is 2.19. The Labute approximate surface area is 86.5 Å². The normalized spacial score (nSPS) is 11.2. The van der Waals surface area contributed by atoms with Crippen LogP contribution >= 0.6 is 0 Å². The number of imidazole rings is 1. The summed E-state index contributed by atoms with van der Waals surface area (Å²) in [5.74, 6) is 0. The molecule has 4 nitrogen and oxygen atoms in total. The van der Waals surface area contributed by atoms with Gasteiger partial charge in [-0.05, 0) is 19.9 Å². The minimum absolute atomic E-state index is 0.182. The highest BCUT2D eigenvalue weighted by Crippen LogP contribution is 2.18. The fourth-order valence-electron chi connectivity index (χ4n) is 1.43. The molecule has 0 saturated carbocycles. The highest BCUT2D eigenvalue weighted by atomic mass is 19.1. The maximum atomic E-state index is 13.1. The third-order valence-electron chi connectivity index (χ3n) is 2.17. The molecule has 0 spiro atoms. The summed E-state index contributed by atoms with van der Waals surface area (Å²) in [5, 5.41) is 0. The van der Waals surface area contributed by atoms with E-state index in [1.165, 1.54) is 6.08 Å². The first-order valence-electron chi connectivity index (χ1n) is 4.66. The Hall–Kier alpha value is -1.78. The predicted molar refractivity (Wildman–Crippen MR) is 55.8 cm³/mol. The van der Waals surface area contributed by atoms with Gasteiger partial charge in [0.05, 0.1) is 12.0 Å². The van der Waals surface area contributed by atoms with Crippen molar-refractivity contribution in [2.24, 2.45) is 0 Å². The summed E-state index contributed by atoms with van der Waals surface area (Å²) < 4.78 is 14.9. The van der Waals surface area contributed by atoms with Gasteiger partial charge in [-0.2, -0.15) is 9.37 Å². The second-order valence-electron chi connectivity index (χ2n) is 3.50. The largest absolute Gasteiger partial charge is 0.313 e. The summed E-state index contributed by atoms with van der Waals surface area (Å²) in [6, 6.07) is 0.182. The van der Waals surface area contributed by atoms with Crippen molar-refractivity contribution in [2.75, 3.05) is 0 Å². The molecule has 2 aromatic rings. The van der Waals surface area contributed by atoms with E-state index < -0.39 is 6.08 Å². The van der Waals surface area contributed by atoms with E-state index in [4.69, 9.17) is 0 Å². The van der Waals surface area contributed by atoms with Crippen LogP contribution in [0.5, 0.6) is 0 Å². The van der Waals surface area contributed by atoms with Crippen LogP contribution < -0.4 is 0 Å². The van der Waals surface area contributed by atoms with Gasteiger partial charge in [0.15, 0.2) is 5.65 Å². The van der Waals surface area contributed by atoms with Gasteiger partial charge in [-0.25, -0.2) is 9.97 Å². The summed E-state index contributed by atoms with van der Waals surface area (Å²) in [7, 11) is 0. The fourth-order valence-corrected chi connectivity index (χ4v) is 1.43. The molecule has 0 N–H and O–H groups in total. The van der Waals surface area contributed by atoms with E-state index in [1.807, 2.05) is 13.8 Å². The fraction of sp³-hybridized carbons (Fsp3) is 0.300. The van der Waals surface area contributed by atoms with Crippen LogP contribution in [0.25, 0.3) is 17.2 Å². The molecule has 0 bridgehead atoms. The van der Waals surface area contributed by atoms with Gasteiger partial charge in [0.2, 0.25) is 0 Å². The SMILES string of the molecule is C=Cc1nc(F)nc2c1ncn2C(C)C. The highest BCUT2D eigenvalue weighted by molar-refractivity contribution is 5.79. The van der Waals surface area contributed by atoms with Crippen molar-refractivity contribution in [3.8, 4) is 0 Å². The molecule has 0 atom stereocenters. The minimum atomic E-state index is -0.750. The van der Waals surface area contributed by atoms with Crippen LogP contribution in [0.1, 0.15) is 25.6 Å². The topological polar surface area (TPSA) is 43.6 Å². The summed E-state index contributed by atoms with van der Waals surface area (Å²) in [4.78, 5) is 11.5. The van der Waals surface area contributed by atoms with Crippen molar-refractivity contribution in [1.82, 2.24) is 19.5 Å². The van der Waals surface area contributed by atoms with E-state index in [-0.39, 0.29) is 6.04 Å². The van der Waals surface area contributed by atoms with Crippen molar-refractivity contribution < 1.29 is 4.39 Å². The molecular weight excluding hydrogens is 195 g/mol. The maximum absolute atomic E-state index is 13.1. The smallest absolute Gasteiger partial charge is 0.311 e. The molecule has 2 heterocycles.